The maximum absolute atomic E-state index is 12.4. The molecular weight excluding hydrogens is 304 g/mol. The van der Waals surface area contributed by atoms with Gasteiger partial charge in [-0.1, -0.05) is 48.0 Å². The summed E-state index contributed by atoms with van der Waals surface area (Å²) in [6.07, 6.45) is 0.942. The van der Waals surface area contributed by atoms with E-state index in [0.29, 0.717) is 6.54 Å². The number of benzene rings is 1. The number of hydrogen-bond acceptors (Lipinski definition) is 2. The van der Waals surface area contributed by atoms with Crippen LogP contribution in [0.5, 0.6) is 0 Å². The molecule has 3 nitrogen and oxygen atoms in total. The van der Waals surface area contributed by atoms with Crippen molar-refractivity contribution in [1.29, 1.82) is 0 Å². The highest BCUT2D eigenvalue weighted by Gasteiger charge is 2.25. The van der Waals surface area contributed by atoms with Gasteiger partial charge in [0.2, 0.25) is 5.91 Å². The minimum Gasteiger partial charge on any atom is -0.336 e. The fourth-order valence-corrected chi connectivity index (χ4v) is 2.72. The summed E-state index contributed by atoms with van der Waals surface area (Å²) in [6.45, 7) is 7.18. The SMILES string of the molecule is CCCN(C(=O)C(C)CN)C(C)c1ccccc1Br. The molecule has 1 aromatic rings. The van der Waals surface area contributed by atoms with Gasteiger partial charge in [0.1, 0.15) is 0 Å². The Labute approximate surface area is 124 Å². The smallest absolute Gasteiger partial charge is 0.227 e. The van der Waals surface area contributed by atoms with Gasteiger partial charge in [0.25, 0.3) is 0 Å². The molecule has 2 atom stereocenters. The molecule has 0 aliphatic heterocycles. The Morgan fingerprint density at radius 2 is 2.00 bits per heavy atom. The summed E-state index contributed by atoms with van der Waals surface area (Å²) < 4.78 is 1.04. The van der Waals surface area contributed by atoms with E-state index in [1.165, 1.54) is 0 Å². The number of rotatable bonds is 6. The van der Waals surface area contributed by atoms with Crippen molar-refractivity contribution < 1.29 is 4.79 Å². The van der Waals surface area contributed by atoms with E-state index < -0.39 is 0 Å². The summed E-state index contributed by atoms with van der Waals surface area (Å²) in [7, 11) is 0. The van der Waals surface area contributed by atoms with Crippen molar-refractivity contribution in [2.75, 3.05) is 13.1 Å². The standard InChI is InChI=1S/C15H23BrN2O/c1-4-9-18(15(19)11(2)10-17)12(3)13-7-5-6-8-14(13)16/h5-8,11-12H,4,9-10,17H2,1-3H3. The molecule has 0 saturated carbocycles. The molecule has 0 fully saturated rings. The molecule has 0 aliphatic carbocycles. The average Bonchev–Trinajstić information content (AvgIpc) is 2.43. The second-order valence-corrected chi connectivity index (χ2v) is 5.72. The Kier molecular flexibility index (Phi) is 6.52. The quantitative estimate of drug-likeness (QED) is 0.871. The highest BCUT2D eigenvalue weighted by molar-refractivity contribution is 9.10. The van der Waals surface area contributed by atoms with E-state index >= 15 is 0 Å². The highest BCUT2D eigenvalue weighted by Crippen LogP contribution is 2.28. The molecule has 0 radical (unpaired) electrons. The average molecular weight is 327 g/mol. The molecule has 19 heavy (non-hydrogen) atoms. The van der Waals surface area contributed by atoms with Gasteiger partial charge in [-0.05, 0) is 25.0 Å². The molecule has 1 rings (SSSR count). The summed E-state index contributed by atoms with van der Waals surface area (Å²) in [4.78, 5) is 14.3. The van der Waals surface area contributed by atoms with Crippen LogP contribution in [-0.4, -0.2) is 23.9 Å². The van der Waals surface area contributed by atoms with Crippen molar-refractivity contribution in [2.24, 2.45) is 11.7 Å². The second kappa shape index (κ2) is 7.65. The Hall–Kier alpha value is -0.870. The highest BCUT2D eigenvalue weighted by atomic mass is 79.9. The molecule has 0 bridgehead atoms. The van der Waals surface area contributed by atoms with Crippen LogP contribution >= 0.6 is 15.9 Å². The largest absolute Gasteiger partial charge is 0.336 e. The van der Waals surface area contributed by atoms with Crippen molar-refractivity contribution in [2.45, 2.75) is 33.2 Å². The lowest BCUT2D eigenvalue weighted by atomic mass is 10.0. The number of nitrogens with zero attached hydrogens (tertiary/aromatic N) is 1. The Morgan fingerprint density at radius 3 is 2.53 bits per heavy atom. The van der Waals surface area contributed by atoms with Crippen LogP contribution in [-0.2, 0) is 4.79 Å². The summed E-state index contributed by atoms with van der Waals surface area (Å²) >= 11 is 3.56. The minimum absolute atomic E-state index is 0.0528. The van der Waals surface area contributed by atoms with E-state index in [4.69, 9.17) is 5.73 Å². The summed E-state index contributed by atoms with van der Waals surface area (Å²) in [5.41, 5.74) is 6.75. The van der Waals surface area contributed by atoms with Gasteiger partial charge in [-0.15, -0.1) is 0 Å². The van der Waals surface area contributed by atoms with Crippen LogP contribution in [0.15, 0.2) is 28.7 Å². The molecule has 0 heterocycles. The van der Waals surface area contributed by atoms with Crippen molar-refractivity contribution >= 4 is 21.8 Å². The van der Waals surface area contributed by atoms with Crippen LogP contribution in [0.25, 0.3) is 0 Å². The summed E-state index contributed by atoms with van der Waals surface area (Å²) in [5.74, 6) is 0.00379. The van der Waals surface area contributed by atoms with Gasteiger partial charge in [-0.3, -0.25) is 4.79 Å². The number of carbonyl (C=O) groups is 1. The van der Waals surface area contributed by atoms with Gasteiger partial charge in [0.05, 0.1) is 6.04 Å². The van der Waals surface area contributed by atoms with Gasteiger partial charge >= 0.3 is 0 Å². The van der Waals surface area contributed by atoms with Crippen molar-refractivity contribution in [3.05, 3.63) is 34.3 Å². The third kappa shape index (κ3) is 4.05. The third-order valence-corrected chi connectivity index (χ3v) is 4.07. The van der Waals surface area contributed by atoms with E-state index in [2.05, 4.69) is 35.8 Å². The first kappa shape index (κ1) is 16.2. The second-order valence-electron chi connectivity index (χ2n) is 4.87. The Balaban J connectivity index is 2.99. The maximum Gasteiger partial charge on any atom is 0.227 e. The Bertz CT molecular complexity index is 422. The molecule has 2 unspecified atom stereocenters. The molecule has 0 saturated heterocycles. The van der Waals surface area contributed by atoms with Crippen LogP contribution in [0.1, 0.15) is 38.8 Å². The molecule has 0 aromatic heterocycles. The monoisotopic (exact) mass is 326 g/mol. The van der Waals surface area contributed by atoms with Crippen LogP contribution in [0, 0.1) is 5.92 Å². The normalized spacial score (nSPS) is 13.9. The predicted molar refractivity (Wildman–Crippen MR) is 82.8 cm³/mol. The molecule has 0 aliphatic rings. The van der Waals surface area contributed by atoms with Gasteiger partial charge in [-0.2, -0.15) is 0 Å². The number of carbonyl (C=O) groups excluding carboxylic acids is 1. The Morgan fingerprint density at radius 1 is 1.37 bits per heavy atom. The zero-order valence-corrected chi connectivity index (χ0v) is 13.5. The van der Waals surface area contributed by atoms with Crippen LogP contribution in [0.3, 0.4) is 0 Å². The maximum atomic E-state index is 12.4. The van der Waals surface area contributed by atoms with Gasteiger partial charge in [-0.25, -0.2) is 0 Å². The topological polar surface area (TPSA) is 46.3 Å². The first-order valence-electron chi connectivity index (χ1n) is 6.77. The van der Waals surface area contributed by atoms with E-state index in [1.807, 2.05) is 30.0 Å². The van der Waals surface area contributed by atoms with Crippen LogP contribution in [0.2, 0.25) is 0 Å². The number of amides is 1. The lowest BCUT2D eigenvalue weighted by molar-refractivity contribution is -0.137. The molecule has 0 spiro atoms. The van der Waals surface area contributed by atoms with Crippen molar-refractivity contribution in [3.8, 4) is 0 Å². The minimum atomic E-state index is -0.128. The van der Waals surface area contributed by atoms with Crippen molar-refractivity contribution in [1.82, 2.24) is 4.90 Å². The van der Waals surface area contributed by atoms with E-state index in [-0.39, 0.29) is 17.9 Å². The zero-order valence-electron chi connectivity index (χ0n) is 11.9. The van der Waals surface area contributed by atoms with Gasteiger partial charge in [0, 0.05) is 23.5 Å². The molecule has 1 amide bonds. The molecule has 4 heteroatoms. The van der Waals surface area contributed by atoms with Crippen LogP contribution < -0.4 is 5.73 Å². The van der Waals surface area contributed by atoms with Gasteiger partial charge < -0.3 is 10.6 Å². The molecule has 2 N–H and O–H groups in total. The molecule has 1 aromatic carbocycles. The van der Waals surface area contributed by atoms with E-state index in [9.17, 15) is 4.79 Å². The predicted octanol–water partition coefficient (Wildman–Crippen LogP) is 3.34. The van der Waals surface area contributed by atoms with Crippen molar-refractivity contribution in [3.63, 3.8) is 0 Å². The lowest BCUT2D eigenvalue weighted by Gasteiger charge is -2.32. The molecule has 106 valence electrons. The third-order valence-electron chi connectivity index (χ3n) is 3.35. The number of nitrogens with two attached hydrogens (primary N) is 1. The zero-order chi connectivity index (χ0) is 14.4. The van der Waals surface area contributed by atoms with E-state index in [0.717, 1.165) is 23.0 Å². The van der Waals surface area contributed by atoms with E-state index in [1.54, 1.807) is 0 Å². The van der Waals surface area contributed by atoms with Crippen LogP contribution in [0.4, 0.5) is 0 Å². The number of hydrogen-bond donors (Lipinski definition) is 1. The van der Waals surface area contributed by atoms with Gasteiger partial charge in [0.15, 0.2) is 0 Å². The summed E-state index contributed by atoms with van der Waals surface area (Å²) in [6, 6.07) is 8.09. The lowest BCUT2D eigenvalue weighted by Crippen LogP contribution is -2.40. The first-order chi connectivity index (χ1) is 9.02. The number of halogens is 1. The fourth-order valence-electron chi connectivity index (χ4n) is 2.10. The fraction of sp³-hybridized carbons (Fsp3) is 0.533. The summed E-state index contributed by atoms with van der Waals surface area (Å²) in [5, 5.41) is 0. The first-order valence-corrected chi connectivity index (χ1v) is 7.57. The molecular formula is C15H23BrN2O.